The van der Waals surface area contributed by atoms with Crippen LogP contribution in [0.5, 0.6) is 0 Å². The first-order valence-corrected chi connectivity index (χ1v) is 18.3. The van der Waals surface area contributed by atoms with Crippen LogP contribution in [0.2, 0.25) is 0 Å². The Morgan fingerprint density at radius 3 is 2.08 bits per heavy atom. The zero-order valence-electron chi connectivity index (χ0n) is 31.1. The van der Waals surface area contributed by atoms with E-state index in [0.29, 0.717) is 25.0 Å². The van der Waals surface area contributed by atoms with Gasteiger partial charge < -0.3 is 18.9 Å². The molecule has 9 heteroatoms. The number of carbonyl (C=O) groups excluding carboxylic acids is 5. The number of allylic oxidation sites excluding steroid dienone is 1. The molecule has 4 aliphatic carbocycles. The Balaban J connectivity index is 1.40. The fourth-order valence-corrected chi connectivity index (χ4v) is 11.7. The zero-order chi connectivity index (χ0) is 36.6. The van der Waals surface area contributed by atoms with Gasteiger partial charge in [0.15, 0.2) is 0 Å². The van der Waals surface area contributed by atoms with E-state index in [1.54, 1.807) is 38.1 Å². The first kappa shape index (κ1) is 36.5. The molecule has 50 heavy (non-hydrogen) atoms. The molecule has 1 aliphatic heterocycles. The van der Waals surface area contributed by atoms with Crippen molar-refractivity contribution in [1.29, 1.82) is 0 Å². The van der Waals surface area contributed by atoms with E-state index in [2.05, 4.69) is 40.7 Å². The third-order valence-corrected chi connectivity index (χ3v) is 14.1. The molecule has 9 nitrogen and oxygen atoms in total. The van der Waals surface area contributed by atoms with Crippen molar-refractivity contribution in [2.24, 2.45) is 45.3 Å². The topological polar surface area (TPSA) is 122 Å². The summed E-state index contributed by atoms with van der Waals surface area (Å²) in [4.78, 5) is 65.1. The first-order valence-electron chi connectivity index (χ1n) is 18.3. The molecular weight excluding hydrogens is 636 g/mol. The number of carbonyl (C=O) groups is 5. The van der Waals surface area contributed by atoms with Gasteiger partial charge in [0.2, 0.25) is 11.6 Å². The van der Waals surface area contributed by atoms with Crippen LogP contribution in [0.15, 0.2) is 42.0 Å². The predicted molar refractivity (Wildman–Crippen MR) is 185 cm³/mol. The van der Waals surface area contributed by atoms with Crippen LogP contribution in [0.3, 0.4) is 0 Å². The van der Waals surface area contributed by atoms with Gasteiger partial charge in [-0.1, -0.05) is 64.5 Å². The summed E-state index contributed by atoms with van der Waals surface area (Å²) < 4.78 is 25.0. The number of ether oxygens (including phenoxy) is 4. The van der Waals surface area contributed by atoms with E-state index in [0.717, 1.165) is 19.3 Å². The molecule has 6 rings (SSSR count). The van der Waals surface area contributed by atoms with Gasteiger partial charge in [0, 0.05) is 42.9 Å². The summed E-state index contributed by atoms with van der Waals surface area (Å²) in [6, 6.07) is 8.90. The monoisotopic (exact) mass is 690 g/mol. The van der Waals surface area contributed by atoms with E-state index < -0.39 is 51.9 Å². The fraction of sp³-hybridized carbons (Fsp3) is 0.683. The van der Waals surface area contributed by atoms with E-state index in [-0.39, 0.29) is 53.2 Å². The molecule has 0 radical (unpaired) electrons. The molecule has 3 saturated carbocycles. The second-order valence-corrected chi connectivity index (χ2v) is 17.5. The van der Waals surface area contributed by atoms with Gasteiger partial charge in [0.1, 0.15) is 23.9 Å². The number of Topliss-reactive ketones (excluding diaryl/α,β-unsaturated/α-hetero) is 2. The molecule has 0 N–H and O–H groups in total. The van der Waals surface area contributed by atoms with Crippen LogP contribution < -0.4 is 0 Å². The van der Waals surface area contributed by atoms with Crippen LogP contribution >= 0.6 is 0 Å². The second-order valence-electron chi connectivity index (χ2n) is 17.5. The molecule has 4 fully saturated rings. The smallest absolute Gasteiger partial charge is 0.338 e. The Labute approximate surface area is 296 Å². The molecule has 0 amide bonds. The van der Waals surface area contributed by atoms with E-state index >= 15 is 0 Å². The molecule has 1 aromatic rings. The van der Waals surface area contributed by atoms with Crippen molar-refractivity contribution in [2.75, 3.05) is 6.61 Å². The Hall–Kier alpha value is -3.33. The van der Waals surface area contributed by atoms with E-state index in [1.807, 2.05) is 6.07 Å². The van der Waals surface area contributed by atoms with Gasteiger partial charge in [0.25, 0.3) is 0 Å². The summed E-state index contributed by atoms with van der Waals surface area (Å²) >= 11 is 0. The maximum atomic E-state index is 13.4. The Morgan fingerprint density at radius 2 is 1.44 bits per heavy atom. The molecule has 0 bridgehead atoms. The summed E-state index contributed by atoms with van der Waals surface area (Å²) in [5.41, 5.74) is -1.51. The maximum Gasteiger partial charge on any atom is 0.338 e. The average molecular weight is 691 g/mol. The third kappa shape index (κ3) is 5.57. The van der Waals surface area contributed by atoms with E-state index in [9.17, 15) is 24.0 Å². The van der Waals surface area contributed by atoms with Crippen molar-refractivity contribution < 1.29 is 42.9 Å². The van der Waals surface area contributed by atoms with Crippen LogP contribution in [-0.4, -0.2) is 60.0 Å². The summed E-state index contributed by atoms with van der Waals surface area (Å²) in [7, 11) is 0. The Kier molecular flexibility index (Phi) is 9.05. The molecule has 1 aromatic carbocycles. The van der Waals surface area contributed by atoms with Crippen molar-refractivity contribution >= 4 is 29.5 Å². The fourth-order valence-electron chi connectivity index (χ4n) is 11.7. The highest BCUT2D eigenvalue weighted by Gasteiger charge is 2.72. The van der Waals surface area contributed by atoms with Crippen LogP contribution in [0.4, 0.5) is 0 Å². The number of esters is 3. The third-order valence-electron chi connectivity index (χ3n) is 14.1. The lowest BCUT2D eigenvalue weighted by Crippen LogP contribution is -2.70. The second kappa shape index (κ2) is 12.4. The lowest BCUT2D eigenvalue weighted by molar-refractivity contribution is -0.259. The molecule has 0 aromatic heterocycles. The summed E-state index contributed by atoms with van der Waals surface area (Å²) in [6.45, 7) is 17.5. The number of hydrogen-bond donors (Lipinski definition) is 0. The number of benzene rings is 1. The van der Waals surface area contributed by atoms with E-state index in [1.165, 1.54) is 19.4 Å². The quantitative estimate of drug-likeness (QED) is 0.141. The predicted octanol–water partition coefficient (Wildman–Crippen LogP) is 6.85. The minimum Gasteiger partial charge on any atom is -0.462 e. The number of hydrogen-bond acceptors (Lipinski definition) is 9. The highest BCUT2D eigenvalue weighted by molar-refractivity contribution is 6.40. The molecule has 272 valence electrons. The highest BCUT2D eigenvalue weighted by atomic mass is 16.6. The van der Waals surface area contributed by atoms with Crippen LogP contribution in [-0.2, 0) is 38.1 Å². The SMILES string of the molecule is CC(=O)OC1CC2C(C)(C)C(OC(=O)c3ccccc3)CC(OC(C)=O)C2(C)C2CCC3(C)C(=CCC3C3COC(C)(C)C(=O)C(=O)C3)C12C. The van der Waals surface area contributed by atoms with Gasteiger partial charge in [0.05, 0.1) is 12.2 Å². The largest absolute Gasteiger partial charge is 0.462 e. The molecular formula is C41H54O9. The van der Waals surface area contributed by atoms with Crippen LogP contribution in [0.25, 0.3) is 0 Å². The average Bonchev–Trinajstić information content (AvgIpc) is 3.35. The molecule has 5 aliphatic rings. The summed E-state index contributed by atoms with van der Waals surface area (Å²) in [5, 5.41) is 0. The van der Waals surface area contributed by atoms with Crippen molar-refractivity contribution in [3.8, 4) is 0 Å². The normalized spacial score (nSPS) is 40.3. The number of fused-ring (bicyclic) bond motifs is 5. The lowest BCUT2D eigenvalue weighted by Gasteiger charge is -2.70. The molecule has 1 saturated heterocycles. The summed E-state index contributed by atoms with van der Waals surface area (Å²) in [6.07, 6.45) is 4.06. The van der Waals surface area contributed by atoms with Crippen LogP contribution in [0, 0.1) is 45.3 Å². The number of rotatable bonds is 5. The van der Waals surface area contributed by atoms with E-state index in [4.69, 9.17) is 18.9 Å². The summed E-state index contributed by atoms with van der Waals surface area (Å²) in [5.74, 6) is -2.26. The van der Waals surface area contributed by atoms with Gasteiger partial charge in [-0.25, -0.2) is 4.79 Å². The molecule has 10 unspecified atom stereocenters. The van der Waals surface area contributed by atoms with Crippen molar-refractivity contribution in [1.82, 2.24) is 0 Å². The minimum atomic E-state index is -1.15. The number of ketones is 2. The Morgan fingerprint density at radius 1 is 0.800 bits per heavy atom. The van der Waals surface area contributed by atoms with Crippen LogP contribution in [0.1, 0.15) is 111 Å². The van der Waals surface area contributed by atoms with Gasteiger partial charge in [-0.05, 0) is 80.8 Å². The lowest BCUT2D eigenvalue weighted by atomic mass is 9.36. The van der Waals surface area contributed by atoms with Crippen molar-refractivity contribution in [3.63, 3.8) is 0 Å². The molecule has 0 spiro atoms. The van der Waals surface area contributed by atoms with Crippen molar-refractivity contribution in [2.45, 2.75) is 125 Å². The standard InChI is InChI=1S/C41H54O9/c1-23(42)48-33-20-31-37(3,4)32(50-36(46)25-13-11-10-12-14-25)21-34(49-24(2)43)41(31,9)30-17-18-39(7)27(15-16-29(39)40(30,33)8)26-19-28(44)35(45)38(5,6)47-22-26/h10-14,16,26-27,30-34H,15,17-22H2,1-9H3. The van der Waals surface area contributed by atoms with Gasteiger partial charge >= 0.3 is 17.9 Å². The first-order chi connectivity index (χ1) is 23.3. The molecule has 1 heterocycles. The maximum absolute atomic E-state index is 13.4. The highest BCUT2D eigenvalue weighted by Crippen LogP contribution is 2.74. The van der Waals surface area contributed by atoms with Gasteiger partial charge in [-0.2, -0.15) is 0 Å². The van der Waals surface area contributed by atoms with Gasteiger partial charge in [-0.3, -0.25) is 19.2 Å². The Bertz CT molecular complexity index is 1610. The van der Waals surface area contributed by atoms with Crippen molar-refractivity contribution in [3.05, 3.63) is 47.5 Å². The molecule has 10 atom stereocenters. The zero-order valence-corrected chi connectivity index (χ0v) is 31.1. The van der Waals surface area contributed by atoms with Gasteiger partial charge in [-0.15, -0.1) is 0 Å². The minimum absolute atomic E-state index is 0.0434.